The second-order valence-electron chi connectivity index (χ2n) is 5.05. The van der Waals surface area contributed by atoms with Gasteiger partial charge in [-0.25, -0.2) is 13.6 Å². The Morgan fingerprint density at radius 3 is 2.29 bits per heavy atom. The maximum absolute atomic E-state index is 12.1. The molecular weight excluding hydrogens is 292 g/mol. The van der Waals surface area contributed by atoms with Crippen molar-refractivity contribution in [2.24, 2.45) is 11.1 Å². The highest BCUT2D eigenvalue weighted by molar-refractivity contribution is 7.89. The van der Waals surface area contributed by atoms with Crippen molar-refractivity contribution in [2.75, 3.05) is 13.2 Å². The highest BCUT2D eigenvalue weighted by atomic mass is 32.2. The van der Waals surface area contributed by atoms with Crippen molar-refractivity contribution in [3.05, 3.63) is 29.8 Å². The zero-order valence-electron chi connectivity index (χ0n) is 12.5. The van der Waals surface area contributed by atoms with E-state index in [1.165, 1.54) is 24.3 Å². The van der Waals surface area contributed by atoms with Crippen LogP contribution in [0.15, 0.2) is 29.2 Å². The fourth-order valence-corrected chi connectivity index (χ4v) is 2.21. The zero-order valence-corrected chi connectivity index (χ0v) is 13.3. The van der Waals surface area contributed by atoms with Crippen LogP contribution in [0, 0.1) is 5.92 Å². The molecule has 1 rings (SSSR count). The minimum atomic E-state index is -3.75. The van der Waals surface area contributed by atoms with Gasteiger partial charge in [0.25, 0.3) is 5.91 Å². The molecule has 0 fully saturated rings. The van der Waals surface area contributed by atoms with Crippen molar-refractivity contribution >= 4 is 15.9 Å². The van der Waals surface area contributed by atoms with Crippen molar-refractivity contribution in [3.8, 4) is 0 Å². The molecule has 0 saturated heterocycles. The molecule has 6 nitrogen and oxygen atoms in total. The lowest BCUT2D eigenvalue weighted by atomic mass is 10.0. The van der Waals surface area contributed by atoms with E-state index in [2.05, 4.69) is 5.32 Å². The minimum Gasteiger partial charge on any atom is -0.380 e. The molecule has 0 heterocycles. The summed E-state index contributed by atoms with van der Waals surface area (Å²) >= 11 is 0. The molecule has 118 valence electrons. The molecule has 3 N–H and O–H groups in total. The second-order valence-corrected chi connectivity index (χ2v) is 6.61. The number of carbonyl (C=O) groups is 1. The largest absolute Gasteiger partial charge is 0.380 e. The van der Waals surface area contributed by atoms with Crippen LogP contribution in [0.1, 0.15) is 31.1 Å². The molecule has 7 heteroatoms. The average Bonchev–Trinajstić information content (AvgIpc) is 2.42. The number of carbonyl (C=O) groups excluding carboxylic acids is 1. The van der Waals surface area contributed by atoms with Gasteiger partial charge in [-0.3, -0.25) is 4.79 Å². The van der Waals surface area contributed by atoms with Crippen molar-refractivity contribution in [1.29, 1.82) is 0 Å². The van der Waals surface area contributed by atoms with Gasteiger partial charge in [0, 0.05) is 12.2 Å². The van der Waals surface area contributed by atoms with Crippen LogP contribution in [0.25, 0.3) is 0 Å². The van der Waals surface area contributed by atoms with Crippen molar-refractivity contribution in [1.82, 2.24) is 5.32 Å². The van der Waals surface area contributed by atoms with Gasteiger partial charge in [-0.1, -0.05) is 13.8 Å². The number of benzene rings is 1. The Balaban J connectivity index is 2.78. The quantitative estimate of drug-likeness (QED) is 0.788. The van der Waals surface area contributed by atoms with Crippen LogP contribution in [-0.2, 0) is 14.8 Å². The Labute approximate surface area is 125 Å². The van der Waals surface area contributed by atoms with Gasteiger partial charge in [0.2, 0.25) is 10.0 Å². The molecule has 0 bridgehead atoms. The summed E-state index contributed by atoms with van der Waals surface area (Å²) in [5.41, 5.74) is 0.379. The van der Waals surface area contributed by atoms with Gasteiger partial charge in [-0.05, 0) is 37.1 Å². The van der Waals surface area contributed by atoms with Crippen molar-refractivity contribution < 1.29 is 17.9 Å². The fourth-order valence-electron chi connectivity index (χ4n) is 1.69. The maximum atomic E-state index is 12.1. The van der Waals surface area contributed by atoms with Gasteiger partial charge in [0.1, 0.15) is 0 Å². The fraction of sp³-hybridized carbons (Fsp3) is 0.500. The summed E-state index contributed by atoms with van der Waals surface area (Å²) in [5, 5.41) is 7.89. The van der Waals surface area contributed by atoms with Gasteiger partial charge in [0.15, 0.2) is 0 Å². The first kappa shape index (κ1) is 17.6. The summed E-state index contributed by atoms with van der Waals surface area (Å²) in [5.74, 6) is -0.0430. The Morgan fingerprint density at radius 2 is 1.86 bits per heavy atom. The monoisotopic (exact) mass is 314 g/mol. The van der Waals surface area contributed by atoms with Gasteiger partial charge in [0.05, 0.1) is 17.5 Å². The summed E-state index contributed by atoms with van der Waals surface area (Å²) in [7, 11) is -3.75. The average molecular weight is 314 g/mol. The third kappa shape index (κ3) is 5.45. The van der Waals surface area contributed by atoms with Crippen LogP contribution in [0.3, 0.4) is 0 Å². The highest BCUT2D eigenvalue weighted by Gasteiger charge is 2.17. The number of amides is 1. The number of sulfonamides is 1. The summed E-state index contributed by atoms with van der Waals surface area (Å²) in [6.45, 7) is 6.91. The Morgan fingerprint density at radius 1 is 1.29 bits per heavy atom. The van der Waals surface area contributed by atoms with Gasteiger partial charge < -0.3 is 10.1 Å². The third-order valence-corrected chi connectivity index (χ3v) is 4.00. The molecule has 1 aromatic rings. The minimum absolute atomic E-state index is 0.0197. The first-order valence-corrected chi connectivity index (χ1v) is 8.31. The standard InChI is InChI=1S/C14H22N2O4S/c1-4-20-9-13(10(2)3)16-14(17)11-5-7-12(8-6-11)21(15,18)19/h5-8,10,13H,4,9H2,1-3H3,(H,16,17)(H2,15,18,19). The lowest BCUT2D eigenvalue weighted by Gasteiger charge is -2.22. The SMILES string of the molecule is CCOCC(NC(=O)c1ccc(S(N)(=O)=O)cc1)C(C)C. The number of primary sulfonamides is 1. The molecule has 21 heavy (non-hydrogen) atoms. The van der Waals surface area contributed by atoms with E-state index in [9.17, 15) is 13.2 Å². The Bertz CT molecular complexity index is 567. The van der Waals surface area contributed by atoms with Crippen molar-refractivity contribution in [2.45, 2.75) is 31.7 Å². The summed E-state index contributed by atoms with van der Waals surface area (Å²) in [6.07, 6.45) is 0. The van der Waals surface area contributed by atoms with E-state index in [1.807, 2.05) is 20.8 Å². The van der Waals surface area contributed by atoms with Gasteiger partial charge in [-0.2, -0.15) is 0 Å². The van der Waals surface area contributed by atoms with E-state index in [0.717, 1.165) is 0 Å². The Kier molecular flexibility index (Phi) is 6.32. The van der Waals surface area contributed by atoms with Crippen LogP contribution in [0.5, 0.6) is 0 Å². The van der Waals surface area contributed by atoms with E-state index >= 15 is 0 Å². The molecule has 1 atom stereocenters. The lowest BCUT2D eigenvalue weighted by molar-refractivity contribution is 0.0806. The predicted molar refractivity (Wildman–Crippen MR) is 80.4 cm³/mol. The van der Waals surface area contributed by atoms with E-state index in [-0.39, 0.29) is 22.8 Å². The number of nitrogens with two attached hydrogens (primary N) is 1. The van der Waals surface area contributed by atoms with E-state index in [4.69, 9.17) is 9.88 Å². The van der Waals surface area contributed by atoms with Gasteiger partial charge in [-0.15, -0.1) is 0 Å². The zero-order chi connectivity index (χ0) is 16.0. The summed E-state index contributed by atoms with van der Waals surface area (Å²) in [4.78, 5) is 12.1. The first-order chi connectivity index (χ1) is 9.75. The summed E-state index contributed by atoms with van der Waals surface area (Å²) in [6, 6.07) is 5.41. The predicted octanol–water partition coefficient (Wildman–Crippen LogP) is 1.12. The first-order valence-electron chi connectivity index (χ1n) is 6.77. The van der Waals surface area contributed by atoms with Crippen LogP contribution < -0.4 is 10.5 Å². The number of nitrogens with one attached hydrogen (secondary N) is 1. The molecule has 1 unspecified atom stereocenters. The molecule has 0 aliphatic heterocycles. The topological polar surface area (TPSA) is 98.5 Å². The number of ether oxygens (including phenoxy) is 1. The molecular formula is C14H22N2O4S. The summed E-state index contributed by atoms with van der Waals surface area (Å²) < 4.78 is 27.7. The van der Waals surface area contributed by atoms with Crippen LogP contribution in [0.2, 0.25) is 0 Å². The normalized spacial score (nSPS) is 13.2. The maximum Gasteiger partial charge on any atom is 0.251 e. The third-order valence-electron chi connectivity index (χ3n) is 3.07. The number of rotatable bonds is 7. The molecule has 0 aliphatic rings. The Hall–Kier alpha value is -1.44. The molecule has 0 radical (unpaired) electrons. The number of hydrogen-bond donors (Lipinski definition) is 2. The van der Waals surface area contributed by atoms with Crippen LogP contribution >= 0.6 is 0 Å². The molecule has 1 aromatic carbocycles. The molecule has 0 spiro atoms. The van der Waals surface area contributed by atoms with Crippen LogP contribution in [0.4, 0.5) is 0 Å². The molecule has 0 aromatic heterocycles. The molecule has 0 saturated carbocycles. The number of hydrogen-bond acceptors (Lipinski definition) is 4. The van der Waals surface area contributed by atoms with E-state index in [0.29, 0.717) is 18.8 Å². The second kappa shape index (κ2) is 7.53. The van der Waals surface area contributed by atoms with E-state index < -0.39 is 10.0 Å². The molecule has 0 aliphatic carbocycles. The highest BCUT2D eigenvalue weighted by Crippen LogP contribution is 2.10. The van der Waals surface area contributed by atoms with Crippen LogP contribution in [-0.4, -0.2) is 33.6 Å². The smallest absolute Gasteiger partial charge is 0.251 e. The van der Waals surface area contributed by atoms with Crippen molar-refractivity contribution in [3.63, 3.8) is 0 Å². The molecule has 1 amide bonds. The van der Waals surface area contributed by atoms with E-state index in [1.54, 1.807) is 0 Å². The van der Waals surface area contributed by atoms with Gasteiger partial charge >= 0.3 is 0 Å². The lowest BCUT2D eigenvalue weighted by Crippen LogP contribution is -2.41.